The second kappa shape index (κ2) is 5.60. The maximum atomic E-state index is 14.0. The first kappa shape index (κ1) is 14.3. The SMILES string of the molecule is Nc1cc(F)cc(C(=O)N(CC2CCOC2)C2CC2)c1F. The zero-order chi connectivity index (χ0) is 15.0. The molecule has 1 atom stereocenters. The topological polar surface area (TPSA) is 55.6 Å². The Morgan fingerprint density at radius 1 is 1.33 bits per heavy atom. The van der Waals surface area contributed by atoms with E-state index in [-0.39, 0.29) is 23.2 Å². The van der Waals surface area contributed by atoms with E-state index in [2.05, 4.69) is 0 Å². The monoisotopic (exact) mass is 296 g/mol. The fourth-order valence-corrected chi connectivity index (χ4v) is 2.71. The molecule has 1 heterocycles. The molecule has 6 heteroatoms. The lowest BCUT2D eigenvalue weighted by molar-refractivity contribution is 0.0701. The van der Waals surface area contributed by atoms with Gasteiger partial charge in [0.1, 0.15) is 5.82 Å². The molecule has 2 aliphatic rings. The fourth-order valence-electron chi connectivity index (χ4n) is 2.71. The molecule has 1 saturated carbocycles. The van der Waals surface area contributed by atoms with Crippen LogP contribution in [-0.4, -0.2) is 36.6 Å². The molecule has 4 nitrogen and oxygen atoms in total. The molecule has 1 aliphatic heterocycles. The van der Waals surface area contributed by atoms with E-state index in [1.54, 1.807) is 4.90 Å². The lowest BCUT2D eigenvalue weighted by Gasteiger charge is -2.25. The third kappa shape index (κ3) is 3.00. The van der Waals surface area contributed by atoms with Crippen LogP contribution < -0.4 is 5.73 Å². The number of rotatable bonds is 4. The number of carbonyl (C=O) groups is 1. The van der Waals surface area contributed by atoms with Crippen LogP contribution in [0.15, 0.2) is 12.1 Å². The summed E-state index contributed by atoms with van der Waals surface area (Å²) in [5.41, 5.74) is 4.79. The van der Waals surface area contributed by atoms with Crippen molar-refractivity contribution >= 4 is 11.6 Å². The molecular weight excluding hydrogens is 278 g/mol. The van der Waals surface area contributed by atoms with Crippen molar-refractivity contribution in [3.05, 3.63) is 29.3 Å². The summed E-state index contributed by atoms with van der Waals surface area (Å²) >= 11 is 0. The Hall–Kier alpha value is -1.69. The van der Waals surface area contributed by atoms with Gasteiger partial charge in [-0.2, -0.15) is 0 Å². The Morgan fingerprint density at radius 2 is 2.10 bits per heavy atom. The minimum Gasteiger partial charge on any atom is -0.396 e. The molecule has 3 rings (SSSR count). The molecule has 1 amide bonds. The number of ether oxygens (including phenoxy) is 1. The Morgan fingerprint density at radius 3 is 2.71 bits per heavy atom. The van der Waals surface area contributed by atoms with Crippen LogP contribution >= 0.6 is 0 Å². The number of halogens is 2. The van der Waals surface area contributed by atoms with Crippen molar-refractivity contribution in [2.75, 3.05) is 25.5 Å². The van der Waals surface area contributed by atoms with Gasteiger partial charge in [0.05, 0.1) is 17.9 Å². The number of carbonyl (C=O) groups excluding carboxylic acids is 1. The average Bonchev–Trinajstić information content (AvgIpc) is 3.16. The second-order valence-corrected chi connectivity index (χ2v) is 5.77. The summed E-state index contributed by atoms with van der Waals surface area (Å²) in [5.74, 6) is -1.75. The van der Waals surface area contributed by atoms with Crippen molar-refractivity contribution < 1.29 is 18.3 Å². The van der Waals surface area contributed by atoms with Gasteiger partial charge in [0.15, 0.2) is 5.82 Å². The maximum absolute atomic E-state index is 14.0. The van der Waals surface area contributed by atoms with Crippen LogP contribution in [0.25, 0.3) is 0 Å². The highest BCUT2D eigenvalue weighted by molar-refractivity contribution is 5.95. The molecule has 2 fully saturated rings. The zero-order valence-electron chi connectivity index (χ0n) is 11.6. The van der Waals surface area contributed by atoms with Gasteiger partial charge in [-0.05, 0) is 31.4 Å². The van der Waals surface area contributed by atoms with Gasteiger partial charge in [-0.3, -0.25) is 4.79 Å². The summed E-state index contributed by atoms with van der Waals surface area (Å²) in [6, 6.07) is 1.94. The molecule has 0 radical (unpaired) electrons. The van der Waals surface area contributed by atoms with Crippen LogP contribution in [0.5, 0.6) is 0 Å². The van der Waals surface area contributed by atoms with Crippen LogP contribution in [-0.2, 0) is 4.74 Å². The summed E-state index contributed by atoms with van der Waals surface area (Å²) in [6.45, 7) is 1.84. The van der Waals surface area contributed by atoms with Crippen LogP contribution in [0, 0.1) is 17.6 Å². The molecule has 1 unspecified atom stereocenters. The number of nitrogen functional groups attached to an aromatic ring is 1. The predicted molar refractivity (Wildman–Crippen MR) is 73.8 cm³/mol. The Balaban J connectivity index is 1.83. The molecule has 2 N–H and O–H groups in total. The maximum Gasteiger partial charge on any atom is 0.257 e. The van der Waals surface area contributed by atoms with Crippen LogP contribution in [0.2, 0.25) is 0 Å². The molecule has 1 saturated heterocycles. The quantitative estimate of drug-likeness (QED) is 0.867. The number of benzene rings is 1. The van der Waals surface area contributed by atoms with Crippen LogP contribution in [0.3, 0.4) is 0 Å². The average molecular weight is 296 g/mol. The van der Waals surface area contributed by atoms with Crippen molar-refractivity contribution in [3.63, 3.8) is 0 Å². The normalized spacial score (nSPS) is 21.5. The van der Waals surface area contributed by atoms with Crippen LogP contribution in [0.4, 0.5) is 14.5 Å². The molecular formula is C15H18F2N2O2. The molecule has 114 valence electrons. The standard InChI is InChI=1S/C15H18F2N2O2/c16-10-5-12(14(17)13(18)6-10)15(20)19(11-1-2-11)7-9-3-4-21-8-9/h5-6,9,11H,1-4,7-8,18H2. The van der Waals surface area contributed by atoms with Crippen molar-refractivity contribution in [2.24, 2.45) is 5.92 Å². The first-order valence-electron chi connectivity index (χ1n) is 7.19. The summed E-state index contributed by atoms with van der Waals surface area (Å²) < 4.78 is 32.8. The minimum atomic E-state index is -0.838. The van der Waals surface area contributed by atoms with E-state index in [9.17, 15) is 13.6 Å². The summed E-state index contributed by atoms with van der Waals surface area (Å²) in [7, 11) is 0. The smallest absolute Gasteiger partial charge is 0.257 e. The third-order valence-electron chi connectivity index (χ3n) is 4.02. The van der Waals surface area contributed by atoms with Crippen molar-refractivity contribution in [1.29, 1.82) is 0 Å². The van der Waals surface area contributed by atoms with E-state index < -0.39 is 17.5 Å². The van der Waals surface area contributed by atoms with Gasteiger partial charge < -0.3 is 15.4 Å². The molecule has 0 bridgehead atoms. The van der Waals surface area contributed by atoms with Gasteiger partial charge in [0, 0.05) is 25.1 Å². The van der Waals surface area contributed by atoms with E-state index in [0.29, 0.717) is 19.8 Å². The number of anilines is 1. The van der Waals surface area contributed by atoms with Gasteiger partial charge in [0.2, 0.25) is 0 Å². The van der Waals surface area contributed by atoms with Crippen LogP contribution in [0.1, 0.15) is 29.6 Å². The summed E-state index contributed by atoms with van der Waals surface area (Å²) in [6.07, 6.45) is 2.71. The number of nitrogens with zero attached hydrogens (tertiary/aromatic N) is 1. The van der Waals surface area contributed by atoms with E-state index in [1.807, 2.05) is 0 Å². The summed E-state index contributed by atoms with van der Waals surface area (Å²) in [4.78, 5) is 14.2. The highest BCUT2D eigenvalue weighted by Crippen LogP contribution is 2.31. The third-order valence-corrected chi connectivity index (χ3v) is 4.02. The highest BCUT2D eigenvalue weighted by atomic mass is 19.1. The van der Waals surface area contributed by atoms with Crippen molar-refractivity contribution in [3.8, 4) is 0 Å². The Labute approximate surface area is 121 Å². The Kier molecular flexibility index (Phi) is 3.80. The number of nitrogens with two attached hydrogens (primary N) is 1. The predicted octanol–water partition coefficient (Wildman–Crippen LogP) is 2.19. The lowest BCUT2D eigenvalue weighted by Crippen LogP contribution is -2.38. The van der Waals surface area contributed by atoms with Crippen molar-refractivity contribution in [1.82, 2.24) is 4.90 Å². The molecule has 0 spiro atoms. The van der Waals surface area contributed by atoms with Gasteiger partial charge in [-0.15, -0.1) is 0 Å². The van der Waals surface area contributed by atoms with Gasteiger partial charge >= 0.3 is 0 Å². The van der Waals surface area contributed by atoms with E-state index in [4.69, 9.17) is 10.5 Å². The largest absolute Gasteiger partial charge is 0.396 e. The van der Waals surface area contributed by atoms with Gasteiger partial charge in [-0.25, -0.2) is 8.78 Å². The Bertz CT molecular complexity index is 555. The van der Waals surface area contributed by atoms with Gasteiger partial charge in [-0.1, -0.05) is 0 Å². The van der Waals surface area contributed by atoms with E-state index in [1.165, 1.54) is 0 Å². The highest BCUT2D eigenvalue weighted by Gasteiger charge is 2.36. The molecule has 1 aromatic carbocycles. The molecule has 0 aromatic heterocycles. The van der Waals surface area contributed by atoms with E-state index >= 15 is 0 Å². The lowest BCUT2D eigenvalue weighted by atomic mass is 10.1. The first-order valence-corrected chi connectivity index (χ1v) is 7.19. The minimum absolute atomic E-state index is 0.127. The number of hydrogen-bond donors (Lipinski definition) is 1. The number of hydrogen-bond acceptors (Lipinski definition) is 3. The molecule has 1 aliphatic carbocycles. The molecule has 1 aromatic rings. The second-order valence-electron chi connectivity index (χ2n) is 5.77. The van der Waals surface area contributed by atoms with Gasteiger partial charge in [0.25, 0.3) is 5.91 Å². The fraction of sp³-hybridized carbons (Fsp3) is 0.533. The number of amides is 1. The first-order chi connectivity index (χ1) is 10.1. The summed E-state index contributed by atoms with van der Waals surface area (Å²) in [5, 5.41) is 0. The molecule has 21 heavy (non-hydrogen) atoms. The van der Waals surface area contributed by atoms with E-state index in [0.717, 1.165) is 31.4 Å². The van der Waals surface area contributed by atoms with Crippen molar-refractivity contribution in [2.45, 2.75) is 25.3 Å². The zero-order valence-corrected chi connectivity index (χ0v) is 11.6.